The quantitative estimate of drug-likeness (QED) is 0.735. The molecule has 0 aliphatic heterocycles. The van der Waals surface area contributed by atoms with Crippen molar-refractivity contribution in [1.82, 2.24) is 9.96 Å². The molecule has 0 aromatic heterocycles. The summed E-state index contributed by atoms with van der Waals surface area (Å²) in [7, 11) is 4.48. The number of hydrogen-bond donors (Lipinski definition) is 0. The summed E-state index contributed by atoms with van der Waals surface area (Å²) < 4.78 is 5.27. The molecular formula is C13H26N2O4. The second-order valence-corrected chi connectivity index (χ2v) is 5.80. The number of carbonyl (C=O) groups excluding carboxylic acids is 2. The highest BCUT2D eigenvalue weighted by Gasteiger charge is 2.34. The molecule has 0 heterocycles. The molecule has 0 saturated heterocycles. The summed E-state index contributed by atoms with van der Waals surface area (Å²) in [6, 6.07) is -0.625. The largest absolute Gasteiger partial charge is 0.444 e. The molecule has 0 radical (unpaired) electrons. The van der Waals surface area contributed by atoms with E-state index in [1.807, 2.05) is 13.8 Å². The van der Waals surface area contributed by atoms with Gasteiger partial charge in [-0.05, 0) is 26.7 Å². The van der Waals surface area contributed by atoms with Crippen LogP contribution in [0, 0.1) is 5.92 Å². The number of nitrogens with zero attached hydrogens (tertiary/aromatic N) is 2. The van der Waals surface area contributed by atoms with E-state index in [4.69, 9.17) is 9.57 Å². The Kier molecular flexibility index (Phi) is 6.29. The molecule has 1 unspecified atom stereocenters. The normalized spacial score (nSPS) is 13.1. The minimum atomic E-state index is -0.625. The predicted molar refractivity (Wildman–Crippen MR) is 72.4 cm³/mol. The lowest BCUT2D eigenvalue weighted by Crippen LogP contribution is -2.51. The van der Waals surface area contributed by atoms with Gasteiger partial charge in [0.1, 0.15) is 11.6 Å². The summed E-state index contributed by atoms with van der Waals surface area (Å²) in [6.07, 6.45) is -0.524. The van der Waals surface area contributed by atoms with Crippen molar-refractivity contribution in [2.75, 3.05) is 21.2 Å². The zero-order valence-electron chi connectivity index (χ0n) is 13.2. The van der Waals surface area contributed by atoms with Gasteiger partial charge in [0, 0.05) is 14.1 Å². The fourth-order valence-corrected chi connectivity index (χ4v) is 1.62. The van der Waals surface area contributed by atoms with Gasteiger partial charge in [-0.2, -0.15) is 0 Å². The summed E-state index contributed by atoms with van der Waals surface area (Å²) in [5, 5.41) is 1.12. The highest BCUT2D eigenvalue weighted by Crippen LogP contribution is 2.16. The smallest absolute Gasteiger partial charge is 0.410 e. The Balaban J connectivity index is 5.00. The fourth-order valence-electron chi connectivity index (χ4n) is 1.62. The van der Waals surface area contributed by atoms with Gasteiger partial charge in [-0.15, -0.1) is 0 Å². The van der Waals surface area contributed by atoms with E-state index in [2.05, 4.69) is 0 Å². The summed E-state index contributed by atoms with van der Waals surface area (Å²) >= 11 is 0. The van der Waals surface area contributed by atoms with Gasteiger partial charge in [0.25, 0.3) is 5.91 Å². The first-order chi connectivity index (χ1) is 8.51. The molecule has 0 aliphatic rings. The number of likely N-dealkylation sites (N-methyl/N-ethyl adjacent to an activating group) is 2. The van der Waals surface area contributed by atoms with E-state index in [0.29, 0.717) is 0 Å². The number of ether oxygens (including phenoxy) is 1. The van der Waals surface area contributed by atoms with Crippen LogP contribution in [0.15, 0.2) is 0 Å². The van der Waals surface area contributed by atoms with Gasteiger partial charge in [0.15, 0.2) is 0 Å². The van der Waals surface area contributed by atoms with Gasteiger partial charge in [0.2, 0.25) is 0 Å². The number of rotatable bonds is 4. The molecule has 0 aromatic rings. The Hall–Kier alpha value is -1.30. The molecule has 0 fully saturated rings. The van der Waals surface area contributed by atoms with Crippen LogP contribution in [0.4, 0.5) is 4.79 Å². The van der Waals surface area contributed by atoms with E-state index in [1.165, 1.54) is 19.1 Å². The third kappa shape index (κ3) is 5.46. The summed E-state index contributed by atoms with van der Waals surface area (Å²) in [5.74, 6) is -0.339. The third-order valence-corrected chi connectivity index (χ3v) is 2.57. The van der Waals surface area contributed by atoms with E-state index >= 15 is 0 Å². The standard InChI is InChI=1S/C13H26N2O4/c1-9(2)10(11(16)15(7)18-8)14(6)12(17)19-13(3,4)5/h9-10H,1-8H3. The van der Waals surface area contributed by atoms with Crippen LogP contribution >= 0.6 is 0 Å². The average Bonchev–Trinajstić information content (AvgIpc) is 2.24. The van der Waals surface area contributed by atoms with Crippen LogP contribution in [0.5, 0.6) is 0 Å². The number of hydroxylamine groups is 2. The third-order valence-electron chi connectivity index (χ3n) is 2.57. The lowest BCUT2D eigenvalue weighted by molar-refractivity contribution is -0.175. The minimum Gasteiger partial charge on any atom is -0.444 e. The van der Waals surface area contributed by atoms with Gasteiger partial charge in [-0.3, -0.25) is 14.5 Å². The Morgan fingerprint density at radius 2 is 1.58 bits per heavy atom. The van der Waals surface area contributed by atoms with Crippen molar-refractivity contribution in [3.8, 4) is 0 Å². The molecule has 0 rings (SSSR count). The van der Waals surface area contributed by atoms with E-state index in [1.54, 1.807) is 27.8 Å². The van der Waals surface area contributed by atoms with Crippen LogP contribution in [0.2, 0.25) is 0 Å². The first kappa shape index (κ1) is 17.7. The zero-order valence-corrected chi connectivity index (χ0v) is 13.2. The second-order valence-electron chi connectivity index (χ2n) is 5.80. The first-order valence-electron chi connectivity index (χ1n) is 6.28. The van der Waals surface area contributed by atoms with Crippen LogP contribution in [-0.4, -0.2) is 54.8 Å². The van der Waals surface area contributed by atoms with Crippen LogP contribution in [0.3, 0.4) is 0 Å². The SMILES string of the molecule is CON(C)C(=O)C(C(C)C)N(C)C(=O)OC(C)(C)C. The van der Waals surface area contributed by atoms with E-state index in [9.17, 15) is 9.59 Å². The van der Waals surface area contributed by atoms with Crippen LogP contribution in [-0.2, 0) is 14.4 Å². The Labute approximate surface area is 115 Å². The maximum atomic E-state index is 12.2. The lowest BCUT2D eigenvalue weighted by Gasteiger charge is -2.33. The maximum Gasteiger partial charge on any atom is 0.410 e. The Bertz CT molecular complexity index is 323. The number of amides is 2. The maximum absolute atomic E-state index is 12.2. The molecule has 0 bridgehead atoms. The van der Waals surface area contributed by atoms with E-state index in [-0.39, 0.29) is 11.8 Å². The Morgan fingerprint density at radius 1 is 1.11 bits per heavy atom. The van der Waals surface area contributed by atoms with E-state index < -0.39 is 17.7 Å². The molecule has 0 N–H and O–H groups in total. The van der Waals surface area contributed by atoms with Crippen LogP contribution < -0.4 is 0 Å². The topological polar surface area (TPSA) is 59.1 Å². The molecule has 0 aromatic carbocycles. The van der Waals surface area contributed by atoms with Gasteiger partial charge in [-0.1, -0.05) is 13.8 Å². The molecule has 6 heteroatoms. The van der Waals surface area contributed by atoms with Crippen molar-refractivity contribution in [1.29, 1.82) is 0 Å². The molecule has 6 nitrogen and oxygen atoms in total. The van der Waals surface area contributed by atoms with Crippen molar-refractivity contribution in [3.05, 3.63) is 0 Å². The fraction of sp³-hybridized carbons (Fsp3) is 0.846. The molecular weight excluding hydrogens is 248 g/mol. The minimum absolute atomic E-state index is 0.0531. The summed E-state index contributed by atoms with van der Waals surface area (Å²) in [6.45, 7) is 9.09. The second kappa shape index (κ2) is 6.75. The van der Waals surface area contributed by atoms with Crippen molar-refractivity contribution in [2.24, 2.45) is 5.92 Å². The molecule has 112 valence electrons. The molecule has 19 heavy (non-hydrogen) atoms. The van der Waals surface area contributed by atoms with E-state index in [0.717, 1.165) is 5.06 Å². The molecule has 0 saturated carbocycles. The van der Waals surface area contributed by atoms with Crippen LogP contribution in [0.25, 0.3) is 0 Å². The molecule has 1 atom stereocenters. The van der Waals surface area contributed by atoms with Crippen molar-refractivity contribution < 1.29 is 19.2 Å². The van der Waals surface area contributed by atoms with Gasteiger partial charge < -0.3 is 4.74 Å². The molecule has 0 aliphatic carbocycles. The average molecular weight is 274 g/mol. The highest BCUT2D eigenvalue weighted by molar-refractivity contribution is 5.85. The monoisotopic (exact) mass is 274 g/mol. The summed E-state index contributed by atoms with van der Waals surface area (Å²) in [5.41, 5.74) is -0.594. The van der Waals surface area contributed by atoms with Crippen LogP contribution in [0.1, 0.15) is 34.6 Å². The van der Waals surface area contributed by atoms with Gasteiger partial charge >= 0.3 is 6.09 Å². The van der Waals surface area contributed by atoms with Crippen molar-refractivity contribution in [3.63, 3.8) is 0 Å². The van der Waals surface area contributed by atoms with Crippen molar-refractivity contribution >= 4 is 12.0 Å². The molecule has 2 amide bonds. The zero-order chi connectivity index (χ0) is 15.4. The first-order valence-corrected chi connectivity index (χ1v) is 6.28. The van der Waals surface area contributed by atoms with Gasteiger partial charge in [0.05, 0.1) is 7.11 Å². The van der Waals surface area contributed by atoms with Crippen molar-refractivity contribution in [2.45, 2.75) is 46.3 Å². The van der Waals surface area contributed by atoms with Gasteiger partial charge in [-0.25, -0.2) is 9.86 Å². The lowest BCUT2D eigenvalue weighted by atomic mass is 10.0. The Morgan fingerprint density at radius 3 is 1.89 bits per heavy atom. The predicted octanol–water partition coefficient (Wildman–Crippen LogP) is 1.90. The number of carbonyl (C=O) groups is 2. The summed E-state index contributed by atoms with van der Waals surface area (Å²) in [4.78, 5) is 30.4. The molecule has 0 spiro atoms. The number of hydrogen-bond acceptors (Lipinski definition) is 4. The highest BCUT2D eigenvalue weighted by atomic mass is 16.7.